The summed E-state index contributed by atoms with van der Waals surface area (Å²) in [6.07, 6.45) is -3.40. The van der Waals surface area contributed by atoms with Crippen molar-refractivity contribution in [3.63, 3.8) is 0 Å². The molecular weight excluding hydrogens is 401 g/mol. The monoisotopic (exact) mass is 426 g/mol. The molecule has 0 saturated carbocycles. The second kappa shape index (κ2) is 8.37. The molecule has 2 rings (SSSR count). The Morgan fingerprint density at radius 1 is 1.23 bits per heavy atom. The van der Waals surface area contributed by atoms with Gasteiger partial charge < -0.3 is 15.8 Å². The molecule has 0 bridgehead atoms. The van der Waals surface area contributed by atoms with E-state index in [1.54, 1.807) is 34.6 Å². The van der Waals surface area contributed by atoms with E-state index >= 15 is 0 Å². The number of nitrogen functional groups attached to an aromatic ring is 1. The van der Waals surface area contributed by atoms with Crippen LogP contribution >= 0.6 is 0 Å². The molecule has 1 aromatic carbocycles. The van der Waals surface area contributed by atoms with Crippen molar-refractivity contribution in [3.05, 3.63) is 40.3 Å². The highest BCUT2D eigenvalue weighted by Crippen LogP contribution is 2.34. The first-order valence-electron chi connectivity index (χ1n) is 9.24. The lowest BCUT2D eigenvalue weighted by atomic mass is 10.1. The molecule has 10 heteroatoms. The van der Waals surface area contributed by atoms with E-state index in [1.807, 2.05) is 0 Å². The summed E-state index contributed by atoms with van der Waals surface area (Å²) >= 11 is 0. The van der Waals surface area contributed by atoms with Crippen molar-refractivity contribution in [2.45, 2.75) is 59.0 Å². The summed E-state index contributed by atoms with van der Waals surface area (Å²) < 4.78 is 46.0. The van der Waals surface area contributed by atoms with Crippen LogP contribution < -0.4 is 16.6 Å². The number of esters is 1. The van der Waals surface area contributed by atoms with Crippen molar-refractivity contribution in [1.82, 2.24) is 9.55 Å². The molecule has 0 aliphatic carbocycles. The van der Waals surface area contributed by atoms with Gasteiger partial charge in [-0.2, -0.15) is 13.2 Å². The van der Waals surface area contributed by atoms with E-state index in [-0.39, 0.29) is 28.8 Å². The lowest BCUT2D eigenvalue weighted by Gasteiger charge is -2.21. The predicted octanol–water partition coefficient (Wildman–Crippen LogP) is 3.67. The number of nitrogens with two attached hydrogens (primary N) is 1. The van der Waals surface area contributed by atoms with Gasteiger partial charge in [0.1, 0.15) is 12.1 Å². The average molecular weight is 426 g/mol. The van der Waals surface area contributed by atoms with E-state index in [2.05, 4.69) is 10.3 Å². The van der Waals surface area contributed by atoms with E-state index in [0.717, 1.165) is 16.7 Å². The highest BCUT2D eigenvalue weighted by atomic mass is 19.4. The number of nitrogens with zero attached hydrogens (tertiary/aromatic N) is 2. The fourth-order valence-electron chi connectivity index (χ4n) is 2.71. The van der Waals surface area contributed by atoms with Gasteiger partial charge in [-0.1, -0.05) is 0 Å². The average Bonchev–Trinajstić information content (AvgIpc) is 2.55. The highest BCUT2D eigenvalue weighted by Gasteiger charge is 2.31. The number of aromatic nitrogens is 2. The topological polar surface area (TPSA) is 99.2 Å². The summed E-state index contributed by atoms with van der Waals surface area (Å²) in [5.74, 6) is -0.746. The Kier molecular flexibility index (Phi) is 6.48. The second-order valence-electron chi connectivity index (χ2n) is 8.11. The van der Waals surface area contributed by atoms with E-state index in [1.165, 1.54) is 12.3 Å². The van der Waals surface area contributed by atoms with E-state index < -0.39 is 35.4 Å². The van der Waals surface area contributed by atoms with Gasteiger partial charge in [-0.05, 0) is 52.8 Å². The zero-order valence-corrected chi connectivity index (χ0v) is 17.4. The van der Waals surface area contributed by atoms with Gasteiger partial charge >= 0.3 is 12.1 Å². The molecule has 0 radical (unpaired) electrons. The normalized spacial score (nSPS) is 12.2. The van der Waals surface area contributed by atoms with Crippen LogP contribution in [0.15, 0.2) is 29.2 Å². The van der Waals surface area contributed by atoms with Crippen LogP contribution in [0.2, 0.25) is 0 Å². The van der Waals surface area contributed by atoms with Crippen LogP contribution in [0.1, 0.15) is 40.2 Å². The van der Waals surface area contributed by atoms with Crippen LogP contribution in [0.25, 0.3) is 11.3 Å². The van der Waals surface area contributed by atoms with Crippen LogP contribution in [0.4, 0.5) is 24.7 Å². The van der Waals surface area contributed by atoms with Crippen molar-refractivity contribution in [1.29, 1.82) is 0 Å². The first-order chi connectivity index (χ1) is 13.7. The zero-order chi connectivity index (χ0) is 22.9. The Morgan fingerprint density at radius 3 is 2.40 bits per heavy atom. The lowest BCUT2D eigenvalue weighted by molar-refractivity contribution is -0.155. The minimum absolute atomic E-state index is 0.00609. The van der Waals surface area contributed by atoms with Crippen molar-refractivity contribution >= 4 is 17.5 Å². The summed E-state index contributed by atoms with van der Waals surface area (Å²) in [5, 5.41) is 2.86. The summed E-state index contributed by atoms with van der Waals surface area (Å²) in [7, 11) is 0. The van der Waals surface area contributed by atoms with Crippen LogP contribution in [0, 0.1) is 0 Å². The quantitative estimate of drug-likeness (QED) is 0.559. The predicted molar refractivity (Wildman–Crippen MR) is 108 cm³/mol. The van der Waals surface area contributed by atoms with Crippen LogP contribution in [0.3, 0.4) is 0 Å². The van der Waals surface area contributed by atoms with Gasteiger partial charge in [0, 0.05) is 17.3 Å². The summed E-state index contributed by atoms with van der Waals surface area (Å²) in [4.78, 5) is 29.3. The third-order valence-electron chi connectivity index (χ3n) is 3.77. The Hall–Kier alpha value is -3.04. The molecule has 1 aromatic heterocycles. The molecule has 0 amide bonds. The van der Waals surface area contributed by atoms with Crippen molar-refractivity contribution in [2.75, 3.05) is 11.1 Å². The van der Waals surface area contributed by atoms with E-state index in [9.17, 15) is 22.8 Å². The molecule has 0 fully saturated rings. The van der Waals surface area contributed by atoms with Gasteiger partial charge in [0.25, 0.3) is 5.56 Å². The Labute approximate surface area is 172 Å². The maximum absolute atomic E-state index is 13.2. The van der Waals surface area contributed by atoms with Gasteiger partial charge in [0.2, 0.25) is 0 Å². The number of carbonyl (C=O) groups is 1. The number of hydrogen-bond donors (Lipinski definition) is 2. The van der Waals surface area contributed by atoms with Crippen LogP contribution in [-0.2, 0) is 22.3 Å². The number of carbonyl (C=O) groups excluding carboxylic acids is 1. The Morgan fingerprint density at radius 2 is 1.87 bits per heavy atom. The maximum atomic E-state index is 13.2. The summed E-state index contributed by atoms with van der Waals surface area (Å²) in [5.41, 5.74) is 3.09. The zero-order valence-electron chi connectivity index (χ0n) is 17.4. The lowest BCUT2D eigenvalue weighted by Crippen LogP contribution is -2.33. The molecule has 30 heavy (non-hydrogen) atoms. The molecule has 0 aliphatic rings. The minimum atomic E-state index is -4.63. The number of alkyl halides is 3. The molecule has 0 unspecified atom stereocenters. The molecule has 1 heterocycles. The molecule has 2 aromatic rings. The Bertz CT molecular complexity index is 992. The second-order valence-corrected chi connectivity index (χ2v) is 8.11. The minimum Gasteiger partial charge on any atom is -0.459 e. The van der Waals surface area contributed by atoms with E-state index in [4.69, 9.17) is 10.5 Å². The van der Waals surface area contributed by atoms with Gasteiger partial charge in [-0.3, -0.25) is 14.2 Å². The molecule has 0 spiro atoms. The first kappa shape index (κ1) is 23.2. The molecule has 164 valence electrons. The number of halogens is 3. The number of rotatable bonds is 5. The van der Waals surface area contributed by atoms with Crippen molar-refractivity contribution in [3.8, 4) is 11.3 Å². The molecule has 0 saturated heterocycles. The maximum Gasteiger partial charge on any atom is 0.416 e. The fourth-order valence-corrected chi connectivity index (χ4v) is 2.71. The SMILES string of the molecule is CC(C)Nc1ncc(-c2cc(N)cc(C(F)(F)F)c2)n(CC(=O)OC(C)(C)C)c1=O. The molecule has 3 N–H and O–H groups in total. The number of ether oxygens (including phenoxy) is 1. The van der Waals surface area contributed by atoms with Crippen LogP contribution in [-0.4, -0.2) is 27.2 Å². The fraction of sp³-hybridized carbons (Fsp3) is 0.450. The number of benzene rings is 1. The number of nitrogens with one attached hydrogen (secondary N) is 1. The smallest absolute Gasteiger partial charge is 0.416 e. The van der Waals surface area contributed by atoms with Crippen molar-refractivity contribution in [2.24, 2.45) is 0 Å². The largest absolute Gasteiger partial charge is 0.459 e. The molecule has 0 atom stereocenters. The third kappa shape index (κ3) is 5.98. The van der Waals surface area contributed by atoms with Gasteiger partial charge in [-0.15, -0.1) is 0 Å². The van der Waals surface area contributed by atoms with Gasteiger partial charge in [0.15, 0.2) is 5.82 Å². The van der Waals surface area contributed by atoms with E-state index in [0.29, 0.717) is 0 Å². The molecule has 7 nitrogen and oxygen atoms in total. The highest BCUT2D eigenvalue weighted by molar-refractivity contribution is 5.72. The molecular formula is C20H25F3N4O3. The Balaban J connectivity index is 2.65. The first-order valence-corrected chi connectivity index (χ1v) is 9.24. The third-order valence-corrected chi connectivity index (χ3v) is 3.77. The summed E-state index contributed by atoms with van der Waals surface area (Å²) in [6, 6.07) is 2.80. The van der Waals surface area contributed by atoms with Crippen molar-refractivity contribution < 1.29 is 22.7 Å². The number of anilines is 2. The van der Waals surface area contributed by atoms with Gasteiger partial charge in [0.05, 0.1) is 17.5 Å². The number of hydrogen-bond acceptors (Lipinski definition) is 6. The summed E-state index contributed by atoms with van der Waals surface area (Å²) in [6.45, 7) is 8.08. The molecule has 0 aliphatic heterocycles. The van der Waals surface area contributed by atoms with Gasteiger partial charge in [-0.25, -0.2) is 4.98 Å². The standard InChI is InChI=1S/C20H25F3N4O3/c1-11(2)26-17-18(29)27(10-16(28)30-19(3,4)5)15(9-25-17)12-6-13(20(21,22)23)8-14(24)7-12/h6-9,11H,10,24H2,1-5H3,(H,25,26). The van der Waals surface area contributed by atoms with Crippen LogP contribution in [0.5, 0.6) is 0 Å².